The normalized spacial score (nSPS) is 10.5. The van der Waals surface area contributed by atoms with Gasteiger partial charge in [-0.25, -0.2) is 0 Å². The van der Waals surface area contributed by atoms with Crippen LogP contribution in [0.2, 0.25) is 0 Å². The molecule has 0 aromatic heterocycles. The van der Waals surface area contributed by atoms with Crippen molar-refractivity contribution in [3.8, 4) is 11.5 Å². The number of carbonyl (C=O) groups is 1. The smallest absolute Gasteiger partial charge is 0.251 e. The predicted octanol–water partition coefficient (Wildman–Crippen LogP) is 2.37. The summed E-state index contributed by atoms with van der Waals surface area (Å²) < 4.78 is 10.3. The third-order valence-corrected chi connectivity index (χ3v) is 3.65. The van der Waals surface area contributed by atoms with Crippen molar-refractivity contribution in [1.29, 1.82) is 0 Å². The van der Waals surface area contributed by atoms with E-state index in [1.54, 1.807) is 32.4 Å². The van der Waals surface area contributed by atoms with Gasteiger partial charge >= 0.3 is 0 Å². The molecule has 0 saturated carbocycles. The Morgan fingerprint density at radius 3 is 2.24 bits per heavy atom. The molecule has 0 heterocycles. The molecule has 0 atom stereocenters. The lowest BCUT2D eigenvalue weighted by molar-refractivity contribution is 0.0941. The van der Waals surface area contributed by atoms with Gasteiger partial charge in [0.05, 0.1) is 14.2 Å². The molecule has 1 amide bonds. The number of benzene rings is 1. The lowest BCUT2D eigenvalue weighted by atomic mass is 9.94. The molecule has 0 bridgehead atoms. The van der Waals surface area contributed by atoms with E-state index < -0.39 is 0 Å². The second-order valence-electron chi connectivity index (χ2n) is 4.82. The van der Waals surface area contributed by atoms with Gasteiger partial charge in [0.2, 0.25) is 0 Å². The molecular weight excluding hydrogens is 292 g/mol. The van der Waals surface area contributed by atoms with E-state index in [0.717, 1.165) is 12.8 Å². The SMILES string of the molecule is CCC(N)(CC)CNC(=O)c1ccc(OC)c(OC)c1.Cl. The van der Waals surface area contributed by atoms with Crippen molar-refractivity contribution in [2.45, 2.75) is 32.2 Å². The highest BCUT2D eigenvalue weighted by atomic mass is 35.5. The van der Waals surface area contributed by atoms with E-state index in [9.17, 15) is 4.79 Å². The van der Waals surface area contributed by atoms with Crippen LogP contribution in [-0.4, -0.2) is 32.2 Å². The molecule has 0 radical (unpaired) electrons. The van der Waals surface area contributed by atoms with Crippen LogP contribution in [0.15, 0.2) is 18.2 Å². The van der Waals surface area contributed by atoms with Crippen LogP contribution in [0.3, 0.4) is 0 Å². The van der Waals surface area contributed by atoms with Crippen molar-refractivity contribution in [3.05, 3.63) is 23.8 Å². The number of amides is 1. The minimum absolute atomic E-state index is 0. The molecule has 3 N–H and O–H groups in total. The van der Waals surface area contributed by atoms with E-state index in [1.165, 1.54) is 0 Å². The van der Waals surface area contributed by atoms with Crippen LogP contribution < -0.4 is 20.5 Å². The average molecular weight is 317 g/mol. The second kappa shape index (κ2) is 8.74. The highest BCUT2D eigenvalue weighted by molar-refractivity contribution is 5.94. The molecule has 5 nitrogen and oxygen atoms in total. The molecule has 0 spiro atoms. The summed E-state index contributed by atoms with van der Waals surface area (Å²) in [6, 6.07) is 5.07. The molecule has 0 saturated heterocycles. The van der Waals surface area contributed by atoms with Gasteiger partial charge in [0.15, 0.2) is 11.5 Å². The highest BCUT2D eigenvalue weighted by Crippen LogP contribution is 2.27. The Bertz CT molecular complexity index is 462. The van der Waals surface area contributed by atoms with Gasteiger partial charge in [0.1, 0.15) is 0 Å². The molecule has 6 heteroatoms. The minimum atomic E-state index is -0.355. The maximum atomic E-state index is 12.1. The lowest BCUT2D eigenvalue weighted by Crippen LogP contribution is -2.49. The largest absolute Gasteiger partial charge is 0.493 e. The number of ether oxygens (including phenoxy) is 2. The summed E-state index contributed by atoms with van der Waals surface area (Å²) >= 11 is 0. The van der Waals surface area contributed by atoms with Crippen molar-refractivity contribution in [2.24, 2.45) is 5.73 Å². The fourth-order valence-electron chi connectivity index (χ4n) is 1.84. The Labute approximate surface area is 132 Å². The Morgan fingerprint density at radius 2 is 1.76 bits per heavy atom. The van der Waals surface area contributed by atoms with E-state index in [4.69, 9.17) is 15.2 Å². The molecule has 1 aromatic rings. The first-order chi connectivity index (χ1) is 9.49. The number of carbonyl (C=O) groups excluding carboxylic acids is 1. The molecule has 1 rings (SSSR count). The van der Waals surface area contributed by atoms with Crippen molar-refractivity contribution < 1.29 is 14.3 Å². The number of halogens is 1. The summed E-state index contributed by atoms with van der Waals surface area (Å²) in [5.74, 6) is 0.965. The molecular formula is C15H25ClN2O3. The number of hydrogen-bond acceptors (Lipinski definition) is 4. The van der Waals surface area contributed by atoms with Gasteiger partial charge in [-0.05, 0) is 31.0 Å². The third-order valence-electron chi connectivity index (χ3n) is 3.65. The number of hydrogen-bond donors (Lipinski definition) is 2. The Balaban J connectivity index is 0.00000400. The molecule has 0 unspecified atom stereocenters. The van der Waals surface area contributed by atoms with Gasteiger partial charge in [-0.1, -0.05) is 13.8 Å². The molecule has 0 aliphatic rings. The van der Waals surface area contributed by atoms with Crippen molar-refractivity contribution in [2.75, 3.05) is 20.8 Å². The number of rotatable bonds is 7. The van der Waals surface area contributed by atoms with E-state index in [2.05, 4.69) is 5.32 Å². The Hall–Kier alpha value is -1.46. The van der Waals surface area contributed by atoms with Gasteiger partial charge in [-0.15, -0.1) is 12.4 Å². The first-order valence-electron chi connectivity index (χ1n) is 6.78. The first kappa shape index (κ1) is 19.5. The molecule has 0 aliphatic heterocycles. The quantitative estimate of drug-likeness (QED) is 0.810. The summed E-state index contributed by atoms with van der Waals surface area (Å²) in [4.78, 5) is 12.1. The monoisotopic (exact) mass is 316 g/mol. The number of methoxy groups -OCH3 is 2. The van der Waals surface area contributed by atoms with Crippen LogP contribution in [0.25, 0.3) is 0 Å². The topological polar surface area (TPSA) is 73.6 Å². The summed E-state index contributed by atoms with van der Waals surface area (Å²) in [7, 11) is 3.10. The zero-order valence-electron chi connectivity index (χ0n) is 13.1. The fraction of sp³-hybridized carbons (Fsp3) is 0.533. The van der Waals surface area contributed by atoms with Crippen LogP contribution in [0.5, 0.6) is 11.5 Å². The predicted molar refractivity (Wildman–Crippen MR) is 86.6 cm³/mol. The minimum Gasteiger partial charge on any atom is -0.493 e. The van der Waals surface area contributed by atoms with Gasteiger partial charge in [0, 0.05) is 17.6 Å². The Kier molecular flexibility index (Phi) is 8.14. The van der Waals surface area contributed by atoms with Crippen LogP contribution in [0.4, 0.5) is 0 Å². The molecule has 21 heavy (non-hydrogen) atoms. The second-order valence-corrected chi connectivity index (χ2v) is 4.82. The standard InChI is InChI=1S/C15H24N2O3.ClH/c1-5-15(16,6-2)10-17-14(18)11-7-8-12(19-3)13(9-11)20-4;/h7-9H,5-6,10,16H2,1-4H3,(H,17,18);1H. The summed E-state index contributed by atoms with van der Waals surface area (Å²) in [5.41, 5.74) is 6.34. The van der Waals surface area contributed by atoms with Crippen LogP contribution in [-0.2, 0) is 0 Å². The van der Waals surface area contributed by atoms with Crippen molar-refractivity contribution >= 4 is 18.3 Å². The van der Waals surface area contributed by atoms with Gasteiger partial charge < -0.3 is 20.5 Å². The average Bonchev–Trinajstić information content (AvgIpc) is 2.51. The van der Waals surface area contributed by atoms with Crippen LogP contribution in [0, 0.1) is 0 Å². The van der Waals surface area contributed by atoms with Crippen LogP contribution in [0.1, 0.15) is 37.0 Å². The van der Waals surface area contributed by atoms with E-state index in [-0.39, 0.29) is 23.9 Å². The van der Waals surface area contributed by atoms with Crippen LogP contribution >= 0.6 is 12.4 Å². The molecule has 0 fully saturated rings. The maximum absolute atomic E-state index is 12.1. The summed E-state index contributed by atoms with van der Waals surface area (Å²) in [6.45, 7) is 4.49. The van der Waals surface area contributed by atoms with E-state index in [1.807, 2.05) is 13.8 Å². The number of nitrogens with two attached hydrogens (primary N) is 1. The first-order valence-corrected chi connectivity index (χ1v) is 6.78. The fourth-order valence-corrected chi connectivity index (χ4v) is 1.84. The summed E-state index contributed by atoms with van der Waals surface area (Å²) in [6.07, 6.45) is 1.63. The van der Waals surface area contributed by atoms with Crippen molar-refractivity contribution in [1.82, 2.24) is 5.32 Å². The Morgan fingerprint density at radius 1 is 1.19 bits per heavy atom. The zero-order chi connectivity index (χ0) is 15.2. The summed E-state index contributed by atoms with van der Waals surface area (Å²) in [5, 5.41) is 2.87. The van der Waals surface area contributed by atoms with E-state index in [0.29, 0.717) is 23.6 Å². The number of nitrogens with one attached hydrogen (secondary N) is 1. The van der Waals surface area contributed by atoms with Gasteiger partial charge in [-0.3, -0.25) is 4.79 Å². The molecule has 1 aromatic carbocycles. The molecule has 120 valence electrons. The molecule has 0 aliphatic carbocycles. The maximum Gasteiger partial charge on any atom is 0.251 e. The lowest BCUT2D eigenvalue weighted by Gasteiger charge is -2.26. The van der Waals surface area contributed by atoms with E-state index >= 15 is 0 Å². The van der Waals surface area contributed by atoms with Gasteiger partial charge in [-0.2, -0.15) is 0 Å². The third kappa shape index (κ3) is 5.10. The zero-order valence-corrected chi connectivity index (χ0v) is 13.9. The highest BCUT2D eigenvalue weighted by Gasteiger charge is 2.21. The van der Waals surface area contributed by atoms with Crippen molar-refractivity contribution in [3.63, 3.8) is 0 Å². The van der Waals surface area contributed by atoms with Gasteiger partial charge in [0.25, 0.3) is 5.91 Å².